The van der Waals surface area contributed by atoms with Crippen LogP contribution in [-0.2, 0) is 5.60 Å². The predicted molar refractivity (Wildman–Crippen MR) is 61.8 cm³/mol. The Morgan fingerprint density at radius 3 is 2.71 bits per heavy atom. The van der Waals surface area contributed by atoms with Gasteiger partial charge in [0.2, 0.25) is 0 Å². The van der Waals surface area contributed by atoms with Crippen molar-refractivity contribution in [2.24, 2.45) is 0 Å². The second-order valence-corrected chi connectivity index (χ2v) is 4.31. The van der Waals surface area contributed by atoms with Gasteiger partial charge in [-0.1, -0.05) is 34.1 Å². The van der Waals surface area contributed by atoms with Crippen LogP contribution in [0.3, 0.4) is 0 Å². The molecule has 1 atom stereocenters. The quantitative estimate of drug-likeness (QED) is 0.821. The largest absolute Gasteiger partial charge is 0.385 e. The Kier molecular flexibility index (Phi) is 3.74. The van der Waals surface area contributed by atoms with Gasteiger partial charge < -0.3 is 5.11 Å². The highest BCUT2D eigenvalue weighted by Crippen LogP contribution is 2.31. The van der Waals surface area contributed by atoms with E-state index in [0.717, 1.165) is 10.0 Å². The summed E-state index contributed by atoms with van der Waals surface area (Å²) in [7, 11) is 0. The molecular formula is C12H13BrO. The molecule has 0 fully saturated rings. The third kappa shape index (κ3) is 2.60. The number of benzene rings is 1. The molecule has 0 aromatic heterocycles. The lowest BCUT2D eigenvalue weighted by molar-refractivity contribution is 0.0486. The summed E-state index contributed by atoms with van der Waals surface area (Å²) in [5.41, 5.74) is 0.0298. The van der Waals surface area contributed by atoms with Crippen LogP contribution < -0.4 is 0 Å². The van der Waals surface area contributed by atoms with Crippen LogP contribution in [0.25, 0.3) is 0 Å². The summed E-state index contributed by atoms with van der Waals surface area (Å²) >= 11 is 3.41. The first-order chi connectivity index (χ1) is 6.58. The maximum atomic E-state index is 10.2. The lowest BCUT2D eigenvalue weighted by Gasteiger charge is -2.24. The van der Waals surface area contributed by atoms with E-state index in [1.807, 2.05) is 24.3 Å². The number of halogens is 1. The minimum Gasteiger partial charge on any atom is -0.385 e. The molecule has 0 aliphatic rings. The highest BCUT2D eigenvalue weighted by Gasteiger charge is 2.24. The second kappa shape index (κ2) is 4.63. The van der Waals surface area contributed by atoms with Crippen molar-refractivity contribution in [1.29, 1.82) is 0 Å². The van der Waals surface area contributed by atoms with Gasteiger partial charge in [0.25, 0.3) is 0 Å². The van der Waals surface area contributed by atoms with Crippen molar-refractivity contribution >= 4 is 15.9 Å². The summed E-state index contributed by atoms with van der Waals surface area (Å²) in [6.45, 7) is 1.78. The Morgan fingerprint density at radius 2 is 2.14 bits per heavy atom. The standard InChI is InChI=1S/C12H13BrO/c1-3-4-9-12(2,14)10-7-5-6-8-11(10)13/h1,5-8,14H,4,9H2,2H3. The molecule has 1 N–H and O–H groups in total. The van der Waals surface area contributed by atoms with Gasteiger partial charge >= 0.3 is 0 Å². The van der Waals surface area contributed by atoms with E-state index in [9.17, 15) is 5.11 Å². The van der Waals surface area contributed by atoms with Gasteiger partial charge in [-0.15, -0.1) is 12.3 Å². The smallest absolute Gasteiger partial charge is 0.0888 e. The van der Waals surface area contributed by atoms with Crippen molar-refractivity contribution in [2.75, 3.05) is 0 Å². The van der Waals surface area contributed by atoms with Gasteiger partial charge in [-0.25, -0.2) is 0 Å². The van der Waals surface area contributed by atoms with E-state index >= 15 is 0 Å². The van der Waals surface area contributed by atoms with Gasteiger partial charge in [-0.05, 0) is 25.0 Å². The maximum absolute atomic E-state index is 10.2. The molecule has 0 aliphatic carbocycles. The molecule has 0 aliphatic heterocycles. The molecule has 74 valence electrons. The molecule has 1 unspecified atom stereocenters. The number of hydrogen-bond acceptors (Lipinski definition) is 1. The molecule has 0 saturated heterocycles. The van der Waals surface area contributed by atoms with Crippen LogP contribution in [0.4, 0.5) is 0 Å². The summed E-state index contributed by atoms with van der Waals surface area (Å²) in [5.74, 6) is 2.54. The molecule has 1 nitrogen and oxygen atoms in total. The van der Waals surface area contributed by atoms with Gasteiger partial charge in [0.05, 0.1) is 5.60 Å². The summed E-state index contributed by atoms with van der Waals surface area (Å²) in [5, 5.41) is 10.2. The van der Waals surface area contributed by atoms with E-state index in [-0.39, 0.29) is 0 Å². The predicted octanol–water partition coefficient (Wildman–Crippen LogP) is 3.07. The molecule has 14 heavy (non-hydrogen) atoms. The second-order valence-electron chi connectivity index (χ2n) is 3.46. The minimum atomic E-state index is -0.855. The van der Waals surface area contributed by atoms with Crippen LogP contribution in [0.15, 0.2) is 28.7 Å². The Balaban J connectivity index is 2.92. The highest BCUT2D eigenvalue weighted by molar-refractivity contribution is 9.10. The minimum absolute atomic E-state index is 0.576. The molecule has 1 aromatic rings. The fourth-order valence-electron chi connectivity index (χ4n) is 1.35. The third-order valence-corrected chi connectivity index (χ3v) is 2.90. The first kappa shape index (κ1) is 11.3. The van der Waals surface area contributed by atoms with E-state index in [1.165, 1.54) is 0 Å². The zero-order valence-electron chi connectivity index (χ0n) is 8.13. The summed E-state index contributed by atoms with van der Waals surface area (Å²) < 4.78 is 0.919. The van der Waals surface area contributed by atoms with Crippen LogP contribution in [0.2, 0.25) is 0 Å². The van der Waals surface area contributed by atoms with E-state index in [0.29, 0.717) is 12.8 Å². The summed E-state index contributed by atoms with van der Waals surface area (Å²) in [4.78, 5) is 0. The topological polar surface area (TPSA) is 20.2 Å². The molecule has 0 saturated carbocycles. The van der Waals surface area contributed by atoms with Gasteiger partial charge in [-0.3, -0.25) is 0 Å². The Labute approximate surface area is 93.3 Å². The first-order valence-electron chi connectivity index (χ1n) is 4.49. The Hall–Kier alpha value is -0.780. The zero-order chi connectivity index (χ0) is 10.6. The van der Waals surface area contributed by atoms with E-state index < -0.39 is 5.60 Å². The van der Waals surface area contributed by atoms with Crippen molar-refractivity contribution in [2.45, 2.75) is 25.4 Å². The van der Waals surface area contributed by atoms with Crippen LogP contribution in [0.5, 0.6) is 0 Å². The lowest BCUT2D eigenvalue weighted by Crippen LogP contribution is -2.21. The SMILES string of the molecule is C#CCCC(C)(O)c1ccccc1Br. The summed E-state index contributed by atoms with van der Waals surface area (Å²) in [6.07, 6.45) is 6.33. The van der Waals surface area contributed by atoms with E-state index in [1.54, 1.807) is 6.92 Å². The van der Waals surface area contributed by atoms with Gasteiger partial charge in [-0.2, -0.15) is 0 Å². The van der Waals surface area contributed by atoms with Crippen molar-refractivity contribution < 1.29 is 5.11 Å². The molecule has 1 aromatic carbocycles. The molecule has 0 heterocycles. The van der Waals surface area contributed by atoms with E-state index in [4.69, 9.17) is 6.42 Å². The van der Waals surface area contributed by atoms with Crippen LogP contribution in [0.1, 0.15) is 25.3 Å². The maximum Gasteiger partial charge on any atom is 0.0888 e. The van der Waals surface area contributed by atoms with Crippen molar-refractivity contribution in [1.82, 2.24) is 0 Å². The summed E-state index contributed by atoms with van der Waals surface area (Å²) in [6, 6.07) is 7.65. The number of rotatable bonds is 3. The molecule has 2 heteroatoms. The van der Waals surface area contributed by atoms with Crippen LogP contribution in [-0.4, -0.2) is 5.11 Å². The Bertz CT molecular complexity index is 350. The molecule has 0 spiro atoms. The first-order valence-corrected chi connectivity index (χ1v) is 5.28. The lowest BCUT2D eigenvalue weighted by atomic mass is 9.91. The van der Waals surface area contributed by atoms with Gasteiger partial charge in [0.15, 0.2) is 0 Å². The van der Waals surface area contributed by atoms with Crippen LogP contribution >= 0.6 is 15.9 Å². The molecule has 1 rings (SSSR count). The number of hydrogen-bond donors (Lipinski definition) is 1. The van der Waals surface area contributed by atoms with Gasteiger partial charge in [0, 0.05) is 10.9 Å². The van der Waals surface area contributed by atoms with Crippen molar-refractivity contribution in [3.8, 4) is 12.3 Å². The molecule has 0 bridgehead atoms. The number of terminal acetylenes is 1. The fourth-order valence-corrected chi connectivity index (χ4v) is 2.06. The van der Waals surface area contributed by atoms with Crippen molar-refractivity contribution in [3.05, 3.63) is 34.3 Å². The molecule has 0 amide bonds. The Morgan fingerprint density at radius 1 is 1.50 bits per heavy atom. The normalized spacial score (nSPS) is 14.4. The monoisotopic (exact) mass is 252 g/mol. The molecule has 0 radical (unpaired) electrons. The third-order valence-electron chi connectivity index (χ3n) is 2.21. The van der Waals surface area contributed by atoms with E-state index in [2.05, 4.69) is 21.9 Å². The fraction of sp³-hybridized carbons (Fsp3) is 0.333. The van der Waals surface area contributed by atoms with Crippen LogP contribution in [0, 0.1) is 12.3 Å². The highest BCUT2D eigenvalue weighted by atomic mass is 79.9. The van der Waals surface area contributed by atoms with Crippen molar-refractivity contribution in [3.63, 3.8) is 0 Å². The molecular weight excluding hydrogens is 240 g/mol. The number of aliphatic hydroxyl groups is 1. The van der Waals surface area contributed by atoms with Gasteiger partial charge in [0.1, 0.15) is 0 Å². The average molecular weight is 253 g/mol. The zero-order valence-corrected chi connectivity index (χ0v) is 9.71. The average Bonchev–Trinajstić information content (AvgIpc) is 2.15.